The van der Waals surface area contributed by atoms with Gasteiger partial charge < -0.3 is 19.1 Å². The second-order valence-electron chi connectivity index (χ2n) is 8.19. The van der Waals surface area contributed by atoms with E-state index in [1.165, 1.54) is 5.56 Å². The normalized spacial score (nSPS) is 13.2. The van der Waals surface area contributed by atoms with Gasteiger partial charge in [-0.25, -0.2) is 4.98 Å². The Labute approximate surface area is 201 Å². The van der Waals surface area contributed by atoms with Gasteiger partial charge in [-0.3, -0.25) is 4.68 Å². The van der Waals surface area contributed by atoms with Gasteiger partial charge in [-0.1, -0.05) is 29.8 Å². The zero-order chi connectivity index (χ0) is 23.8. The van der Waals surface area contributed by atoms with Crippen molar-refractivity contribution < 1.29 is 14.2 Å². The minimum Gasteiger partial charge on any atom is -0.493 e. The summed E-state index contributed by atoms with van der Waals surface area (Å²) in [5, 5.41) is 4.92. The maximum Gasteiger partial charge on any atom is 0.163 e. The van der Waals surface area contributed by atoms with Crippen LogP contribution in [0.15, 0.2) is 48.8 Å². The average molecular weight is 473 g/mol. The third-order valence-corrected chi connectivity index (χ3v) is 6.09. The van der Waals surface area contributed by atoms with Crippen LogP contribution in [0.5, 0.6) is 11.5 Å². The fourth-order valence-corrected chi connectivity index (χ4v) is 3.98. The molecule has 0 amide bonds. The number of hydrogen-bond donors (Lipinski definition) is 0. The molecular weight excluding hydrogens is 440 g/mol. The number of aromatic nitrogens is 3. The van der Waals surface area contributed by atoms with Crippen molar-refractivity contribution in [2.45, 2.75) is 25.4 Å². The fraction of sp³-hybridized carbons (Fsp3) is 0.440. The summed E-state index contributed by atoms with van der Waals surface area (Å²) in [7, 11) is 7.31. The van der Waals surface area contributed by atoms with Gasteiger partial charge in [0.15, 0.2) is 17.3 Å². The average Bonchev–Trinajstić information content (AvgIpc) is 3.27. The maximum atomic E-state index is 6.43. The number of rotatable bonds is 12. The van der Waals surface area contributed by atoms with Crippen molar-refractivity contribution in [3.8, 4) is 11.5 Å². The van der Waals surface area contributed by atoms with Crippen LogP contribution in [0, 0.1) is 0 Å². The van der Waals surface area contributed by atoms with E-state index in [2.05, 4.69) is 28.1 Å². The molecule has 3 aromatic rings. The van der Waals surface area contributed by atoms with Crippen molar-refractivity contribution in [3.63, 3.8) is 0 Å². The molecule has 1 aromatic heterocycles. The second-order valence-corrected chi connectivity index (χ2v) is 8.63. The first-order valence-corrected chi connectivity index (χ1v) is 11.4. The molecule has 178 valence electrons. The second kappa shape index (κ2) is 11.5. The summed E-state index contributed by atoms with van der Waals surface area (Å²) in [4.78, 5) is 6.76. The first-order valence-electron chi connectivity index (χ1n) is 11.0. The lowest BCUT2D eigenvalue weighted by molar-refractivity contribution is -0.0162. The van der Waals surface area contributed by atoms with E-state index >= 15 is 0 Å². The predicted molar refractivity (Wildman–Crippen MR) is 130 cm³/mol. The van der Waals surface area contributed by atoms with Crippen LogP contribution in [0.4, 0.5) is 0 Å². The van der Waals surface area contributed by atoms with E-state index in [9.17, 15) is 0 Å². The largest absolute Gasteiger partial charge is 0.493 e. The summed E-state index contributed by atoms with van der Waals surface area (Å²) in [6.45, 7) is 4.48. The van der Waals surface area contributed by atoms with E-state index in [0.29, 0.717) is 11.6 Å². The van der Waals surface area contributed by atoms with Gasteiger partial charge >= 0.3 is 0 Å². The summed E-state index contributed by atoms with van der Waals surface area (Å²) in [5.41, 5.74) is 1.49. The highest BCUT2D eigenvalue weighted by atomic mass is 35.5. The molecule has 0 bridgehead atoms. The van der Waals surface area contributed by atoms with Crippen LogP contribution in [0.1, 0.15) is 30.3 Å². The molecule has 0 radical (unpaired) electrons. The molecule has 8 heteroatoms. The SMILES string of the molecule is COc1ccc(CCN(C)CCCOC(C)(c2ccc(Cl)cc2)c2ncnn2C)cc1OC. The van der Waals surface area contributed by atoms with Crippen molar-refractivity contribution in [3.05, 3.63) is 70.8 Å². The van der Waals surface area contributed by atoms with E-state index < -0.39 is 5.60 Å². The quantitative estimate of drug-likeness (QED) is 0.366. The summed E-state index contributed by atoms with van der Waals surface area (Å²) < 4.78 is 18.9. The Hall–Kier alpha value is -2.61. The van der Waals surface area contributed by atoms with Gasteiger partial charge in [-0.05, 0) is 62.2 Å². The third kappa shape index (κ3) is 6.25. The first kappa shape index (κ1) is 25.0. The van der Waals surface area contributed by atoms with Gasteiger partial charge in [-0.2, -0.15) is 5.10 Å². The Morgan fingerprint density at radius 2 is 1.76 bits per heavy atom. The van der Waals surface area contributed by atoms with Crippen LogP contribution < -0.4 is 9.47 Å². The maximum absolute atomic E-state index is 6.43. The Balaban J connectivity index is 1.54. The van der Waals surface area contributed by atoms with Crippen molar-refractivity contribution in [1.82, 2.24) is 19.7 Å². The first-order chi connectivity index (χ1) is 15.9. The molecule has 0 aliphatic heterocycles. The number of methoxy groups -OCH3 is 2. The number of halogens is 1. The fourth-order valence-electron chi connectivity index (χ4n) is 3.85. The highest BCUT2D eigenvalue weighted by molar-refractivity contribution is 6.30. The lowest BCUT2D eigenvalue weighted by atomic mass is 9.94. The van der Waals surface area contributed by atoms with Crippen molar-refractivity contribution in [2.24, 2.45) is 7.05 Å². The van der Waals surface area contributed by atoms with Gasteiger partial charge in [0.05, 0.1) is 14.2 Å². The van der Waals surface area contributed by atoms with E-state index in [-0.39, 0.29) is 0 Å². The Kier molecular flexibility index (Phi) is 8.72. The minimum atomic E-state index is -0.714. The van der Waals surface area contributed by atoms with Crippen molar-refractivity contribution >= 4 is 11.6 Å². The van der Waals surface area contributed by atoms with Gasteiger partial charge in [0.25, 0.3) is 0 Å². The summed E-state index contributed by atoms with van der Waals surface area (Å²) in [6.07, 6.45) is 3.37. The molecule has 0 saturated heterocycles. The van der Waals surface area contributed by atoms with Crippen LogP contribution in [0.2, 0.25) is 5.02 Å². The van der Waals surface area contributed by atoms with E-state index in [1.807, 2.05) is 50.4 Å². The molecule has 0 N–H and O–H groups in total. The van der Waals surface area contributed by atoms with Gasteiger partial charge in [-0.15, -0.1) is 0 Å². The molecule has 3 rings (SSSR count). The van der Waals surface area contributed by atoms with Crippen LogP contribution in [-0.4, -0.2) is 60.6 Å². The number of benzene rings is 2. The van der Waals surface area contributed by atoms with E-state index in [4.69, 9.17) is 25.8 Å². The monoisotopic (exact) mass is 472 g/mol. The molecule has 1 heterocycles. The van der Waals surface area contributed by atoms with Gasteiger partial charge in [0, 0.05) is 31.8 Å². The molecule has 7 nitrogen and oxygen atoms in total. The lowest BCUT2D eigenvalue weighted by Crippen LogP contribution is -2.32. The molecule has 0 aliphatic rings. The zero-order valence-electron chi connectivity index (χ0n) is 20.0. The molecule has 0 saturated carbocycles. The lowest BCUT2D eigenvalue weighted by Gasteiger charge is -2.30. The van der Waals surface area contributed by atoms with Crippen LogP contribution in [-0.2, 0) is 23.8 Å². The Morgan fingerprint density at radius 1 is 1.03 bits per heavy atom. The van der Waals surface area contributed by atoms with Crippen LogP contribution in [0.3, 0.4) is 0 Å². The number of ether oxygens (including phenoxy) is 3. The third-order valence-electron chi connectivity index (χ3n) is 5.84. The predicted octanol–water partition coefficient (Wildman–Crippen LogP) is 4.33. The zero-order valence-corrected chi connectivity index (χ0v) is 20.8. The molecular formula is C25H33ClN4O3. The van der Waals surface area contributed by atoms with Gasteiger partial charge in [0.2, 0.25) is 0 Å². The van der Waals surface area contributed by atoms with Crippen molar-refractivity contribution in [2.75, 3.05) is 41.0 Å². The van der Waals surface area contributed by atoms with Crippen molar-refractivity contribution in [1.29, 1.82) is 0 Å². The molecule has 2 aromatic carbocycles. The molecule has 1 atom stereocenters. The Morgan fingerprint density at radius 3 is 2.39 bits per heavy atom. The Bertz CT molecular complexity index is 1020. The number of aryl methyl sites for hydroxylation is 1. The van der Waals surface area contributed by atoms with Crippen LogP contribution >= 0.6 is 11.6 Å². The number of hydrogen-bond acceptors (Lipinski definition) is 6. The molecule has 0 spiro atoms. The van der Waals surface area contributed by atoms with Crippen LogP contribution in [0.25, 0.3) is 0 Å². The number of nitrogens with zero attached hydrogens (tertiary/aromatic N) is 4. The highest BCUT2D eigenvalue weighted by Gasteiger charge is 2.34. The summed E-state index contributed by atoms with van der Waals surface area (Å²) in [6, 6.07) is 13.8. The molecule has 0 aliphatic carbocycles. The smallest absolute Gasteiger partial charge is 0.163 e. The molecule has 1 unspecified atom stereocenters. The molecule has 0 fully saturated rings. The number of likely N-dealkylation sites (N-methyl/N-ethyl adjacent to an activating group) is 1. The standard InChI is InChI=1S/C25H33ClN4O3/c1-25(24-27-18-28-30(24)3,20-8-10-21(26)11-9-20)33-16-6-14-29(2)15-13-19-7-12-22(31-4)23(17-19)32-5/h7-12,17-18H,6,13-16H2,1-5H3. The molecule has 33 heavy (non-hydrogen) atoms. The minimum absolute atomic E-state index is 0.590. The van der Waals surface area contributed by atoms with E-state index in [0.717, 1.165) is 48.8 Å². The van der Waals surface area contributed by atoms with Gasteiger partial charge in [0.1, 0.15) is 11.9 Å². The van der Waals surface area contributed by atoms with E-state index in [1.54, 1.807) is 25.2 Å². The summed E-state index contributed by atoms with van der Waals surface area (Å²) in [5.74, 6) is 2.27. The highest BCUT2D eigenvalue weighted by Crippen LogP contribution is 2.32. The topological polar surface area (TPSA) is 61.6 Å². The summed E-state index contributed by atoms with van der Waals surface area (Å²) >= 11 is 6.09.